The van der Waals surface area contributed by atoms with Gasteiger partial charge in [0, 0.05) is 35.6 Å². The van der Waals surface area contributed by atoms with Gasteiger partial charge >= 0.3 is 6.03 Å². The number of carbonyl (C=O) groups excluding carboxylic acids is 1. The van der Waals surface area contributed by atoms with Crippen LogP contribution in [-0.2, 0) is 0 Å². The van der Waals surface area contributed by atoms with E-state index in [0.29, 0.717) is 11.5 Å². The molecule has 1 aromatic heterocycles. The van der Waals surface area contributed by atoms with Crippen molar-refractivity contribution in [2.24, 2.45) is 0 Å². The second-order valence-electron chi connectivity index (χ2n) is 7.42. The number of rotatable bonds is 7. The summed E-state index contributed by atoms with van der Waals surface area (Å²) in [5, 5.41) is 6.14. The van der Waals surface area contributed by atoms with E-state index in [-0.39, 0.29) is 18.2 Å². The third kappa shape index (κ3) is 4.74. The number of H-pyrrole nitrogens is 1. The van der Waals surface area contributed by atoms with Crippen LogP contribution in [0.15, 0.2) is 66.9 Å². The van der Waals surface area contributed by atoms with Crippen LogP contribution in [0.25, 0.3) is 10.9 Å². The van der Waals surface area contributed by atoms with Gasteiger partial charge in [0.15, 0.2) is 11.5 Å². The van der Waals surface area contributed by atoms with Gasteiger partial charge in [-0.2, -0.15) is 0 Å². The number of hydrogen-bond donors (Lipinski definition) is 3. The van der Waals surface area contributed by atoms with E-state index in [2.05, 4.69) is 15.6 Å². The molecule has 1 atom stereocenters. The number of urea groups is 1. The van der Waals surface area contributed by atoms with Crippen molar-refractivity contribution in [3.63, 3.8) is 0 Å². The number of para-hydroxylation sites is 1. The SMILES string of the molecule is COc1ccc([C@H](CNC(=O)Nc2cc(F)ccc2F)c2c[nH]c3ccccc23)cc1OC. The third-order valence-electron chi connectivity index (χ3n) is 5.45. The van der Waals surface area contributed by atoms with Crippen molar-refractivity contribution in [3.8, 4) is 11.5 Å². The van der Waals surface area contributed by atoms with E-state index in [4.69, 9.17) is 9.47 Å². The highest BCUT2D eigenvalue weighted by Gasteiger charge is 2.21. The van der Waals surface area contributed by atoms with Crippen LogP contribution >= 0.6 is 0 Å². The number of carbonyl (C=O) groups is 1. The molecule has 0 aliphatic heterocycles. The number of aromatic nitrogens is 1. The van der Waals surface area contributed by atoms with Gasteiger partial charge in [-0.05, 0) is 41.5 Å². The van der Waals surface area contributed by atoms with Crippen LogP contribution in [0.5, 0.6) is 11.5 Å². The van der Waals surface area contributed by atoms with Crippen molar-refractivity contribution >= 4 is 22.6 Å². The number of ether oxygens (including phenoxy) is 2. The number of fused-ring (bicyclic) bond motifs is 1. The summed E-state index contributed by atoms with van der Waals surface area (Å²) < 4.78 is 38.1. The van der Waals surface area contributed by atoms with Crippen molar-refractivity contribution in [2.75, 3.05) is 26.1 Å². The first-order valence-electron chi connectivity index (χ1n) is 10.3. The Morgan fingerprint density at radius 3 is 2.58 bits per heavy atom. The molecule has 170 valence electrons. The Bertz CT molecular complexity index is 1290. The molecule has 0 aliphatic carbocycles. The summed E-state index contributed by atoms with van der Waals surface area (Å²) in [6.45, 7) is 0.195. The summed E-state index contributed by atoms with van der Waals surface area (Å²) in [6.07, 6.45) is 1.90. The maximum Gasteiger partial charge on any atom is 0.319 e. The zero-order chi connectivity index (χ0) is 23.4. The lowest BCUT2D eigenvalue weighted by molar-refractivity contribution is 0.251. The first-order valence-corrected chi connectivity index (χ1v) is 10.3. The van der Waals surface area contributed by atoms with E-state index in [0.717, 1.165) is 40.2 Å². The minimum atomic E-state index is -0.723. The summed E-state index contributed by atoms with van der Waals surface area (Å²) >= 11 is 0. The fraction of sp³-hybridized carbons (Fsp3) is 0.160. The van der Waals surface area contributed by atoms with Crippen molar-refractivity contribution in [1.82, 2.24) is 10.3 Å². The standard InChI is InChI=1S/C25H23F2N3O3/c1-32-23-10-7-15(11-24(23)33-2)18(19-14-28-21-6-4-3-5-17(19)21)13-29-25(31)30-22-12-16(26)8-9-20(22)27/h3-12,14,18,28H,13H2,1-2H3,(H2,29,30,31)/t18-/m0/s1. The molecule has 3 aromatic carbocycles. The Hall–Kier alpha value is -4.07. The average Bonchev–Trinajstić information content (AvgIpc) is 3.25. The normalized spacial score (nSPS) is 11.8. The summed E-state index contributed by atoms with van der Waals surface area (Å²) in [5.41, 5.74) is 2.58. The average molecular weight is 451 g/mol. The molecule has 4 aromatic rings. The van der Waals surface area contributed by atoms with Crippen LogP contribution in [-0.4, -0.2) is 31.8 Å². The predicted molar refractivity (Wildman–Crippen MR) is 123 cm³/mol. The van der Waals surface area contributed by atoms with Crippen molar-refractivity contribution in [3.05, 3.63) is 89.6 Å². The van der Waals surface area contributed by atoms with Gasteiger partial charge in [-0.3, -0.25) is 0 Å². The summed E-state index contributed by atoms with van der Waals surface area (Å²) in [7, 11) is 3.12. The second kappa shape index (κ2) is 9.60. The summed E-state index contributed by atoms with van der Waals surface area (Å²) in [6, 6.07) is 15.6. The Kier molecular flexibility index (Phi) is 6.44. The summed E-state index contributed by atoms with van der Waals surface area (Å²) in [4.78, 5) is 15.8. The monoisotopic (exact) mass is 451 g/mol. The zero-order valence-electron chi connectivity index (χ0n) is 18.1. The van der Waals surface area contributed by atoms with Crippen LogP contribution in [0.4, 0.5) is 19.3 Å². The lowest BCUT2D eigenvalue weighted by Gasteiger charge is -2.20. The molecule has 3 N–H and O–H groups in total. The fourth-order valence-electron chi connectivity index (χ4n) is 3.81. The minimum absolute atomic E-state index is 0.195. The van der Waals surface area contributed by atoms with Gasteiger partial charge in [0.05, 0.1) is 19.9 Å². The zero-order valence-corrected chi connectivity index (χ0v) is 18.1. The number of methoxy groups -OCH3 is 2. The molecular weight excluding hydrogens is 428 g/mol. The molecule has 0 saturated heterocycles. The molecule has 0 bridgehead atoms. The maximum absolute atomic E-state index is 13.9. The molecule has 0 radical (unpaired) electrons. The van der Waals surface area contributed by atoms with Gasteiger partial charge in [-0.15, -0.1) is 0 Å². The van der Waals surface area contributed by atoms with Crippen molar-refractivity contribution in [1.29, 1.82) is 0 Å². The largest absolute Gasteiger partial charge is 0.493 e. The molecule has 8 heteroatoms. The molecule has 2 amide bonds. The Balaban J connectivity index is 1.63. The number of nitrogens with one attached hydrogen (secondary N) is 3. The molecule has 1 heterocycles. The number of amides is 2. The van der Waals surface area contributed by atoms with Gasteiger partial charge in [-0.25, -0.2) is 13.6 Å². The van der Waals surface area contributed by atoms with Crippen LogP contribution in [0.2, 0.25) is 0 Å². The number of halogens is 2. The molecule has 6 nitrogen and oxygen atoms in total. The molecule has 0 spiro atoms. The molecule has 4 rings (SSSR count). The van der Waals surface area contributed by atoms with E-state index < -0.39 is 17.7 Å². The van der Waals surface area contributed by atoms with E-state index in [1.807, 2.05) is 42.6 Å². The van der Waals surface area contributed by atoms with E-state index in [1.54, 1.807) is 20.3 Å². The number of anilines is 1. The topological polar surface area (TPSA) is 75.4 Å². The Morgan fingerprint density at radius 2 is 1.79 bits per heavy atom. The Labute approximate surface area is 189 Å². The molecule has 0 fully saturated rings. The van der Waals surface area contributed by atoms with Crippen LogP contribution in [0.1, 0.15) is 17.0 Å². The van der Waals surface area contributed by atoms with Crippen molar-refractivity contribution < 1.29 is 23.0 Å². The van der Waals surface area contributed by atoms with E-state index in [1.165, 1.54) is 0 Å². The number of benzene rings is 3. The Morgan fingerprint density at radius 1 is 1.00 bits per heavy atom. The lowest BCUT2D eigenvalue weighted by Crippen LogP contribution is -2.33. The first-order chi connectivity index (χ1) is 16.0. The molecule has 0 aliphatic rings. The number of hydrogen-bond acceptors (Lipinski definition) is 3. The van der Waals surface area contributed by atoms with Crippen LogP contribution in [0.3, 0.4) is 0 Å². The van der Waals surface area contributed by atoms with E-state index >= 15 is 0 Å². The number of aromatic amines is 1. The highest BCUT2D eigenvalue weighted by molar-refractivity contribution is 5.89. The third-order valence-corrected chi connectivity index (χ3v) is 5.45. The van der Waals surface area contributed by atoms with Gasteiger partial charge in [0.25, 0.3) is 0 Å². The van der Waals surface area contributed by atoms with Gasteiger partial charge in [0.1, 0.15) is 11.6 Å². The molecule has 0 unspecified atom stereocenters. The molecule has 0 saturated carbocycles. The molecular formula is C25H23F2N3O3. The van der Waals surface area contributed by atoms with Crippen LogP contribution < -0.4 is 20.1 Å². The highest BCUT2D eigenvalue weighted by atomic mass is 19.1. The van der Waals surface area contributed by atoms with Crippen molar-refractivity contribution in [2.45, 2.75) is 5.92 Å². The fourth-order valence-corrected chi connectivity index (χ4v) is 3.81. The predicted octanol–water partition coefficient (Wildman–Crippen LogP) is 5.42. The second-order valence-corrected chi connectivity index (χ2v) is 7.42. The quantitative estimate of drug-likeness (QED) is 0.351. The van der Waals surface area contributed by atoms with Gasteiger partial charge in [-0.1, -0.05) is 24.3 Å². The van der Waals surface area contributed by atoms with Gasteiger partial charge in [0.2, 0.25) is 0 Å². The smallest absolute Gasteiger partial charge is 0.319 e. The minimum Gasteiger partial charge on any atom is -0.493 e. The maximum atomic E-state index is 13.9. The highest BCUT2D eigenvalue weighted by Crippen LogP contribution is 2.35. The molecule has 33 heavy (non-hydrogen) atoms. The first kappa shape index (κ1) is 22.1. The lowest BCUT2D eigenvalue weighted by atomic mass is 9.90. The summed E-state index contributed by atoms with van der Waals surface area (Å²) in [5.74, 6) is -0.477. The van der Waals surface area contributed by atoms with Gasteiger partial charge < -0.3 is 25.1 Å². The van der Waals surface area contributed by atoms with Crippen LogP contribution in [0, 0.1) is 11.6 Å². The van der Waals surface area contributed by atoms with E-state index in [9.17, 15) is 13.6 Å².